The molecule has 18 heavy (non-hydrogen) atoms. The summed E-state index contributed by atoms with van der Waals surface area (Å²) in [6.45, 7) is 5.52. The smallest absolute Gasteiger partial charge is 0.309 e. The van der Waals surface area contributed by atoms with E-state index in [-0.39, 0.29) is 12.3 Å². The van der Waals surface area contributed by atoms with Crippen molar-refractivity contribution in [3.05, 3.63) is 30.3 Å². The number of anilines is 1. The third kappa shape index (κ3) is 3.32. The third-order valence-electron chi connectivity index (χ3n) is 2.86. The highest BCUT2D eigenvalue weighted by Crippen LogP contribution is 2.24. The van der Waals surface area contributed by atoms with Gasteiger partial charge in [0.25, 0.3) is 0 Å². The monoisotopic (exact) mass is 249 g/mol. The Bertz CT molecular complexity index is 426. The Balaban J connectivity index is 2.85. The lowest BCUT2D eigenvalue weighted by Crippen LogP contribution is -2.36. The lowest BCUT2D eigenvalue weighted by Gasteiger charge is -2.25. The van der Waals surface area contributed by atoms with Crippen LogP contribution in [0.15, 0.2) is 30.3 Å². The number of hydrogen-bond donors (Lipinski definition) is 1. The second-order valence-corrected chi connectivity index (χ2v) is 4.84. The van der Waals surface area contributed by atoms with Crippen LogP contribution in [0.25, 0.3) is 0 Å². The van der Waals surface area contributed by atoms with Crippen LogP contribution in [-0.4, -0.2) is 23.5 Å². The van der Waals surface area contributed by atoms with Gasteiger partial charge in [0.1, 0.15) is 0 Å². The molecule has 0 bridgehead atoms. The van der Waals surface area contributed by atoms with Gasteiger partial charge in [-0.1, -0.05) is 18.2 Å². The summed E-state index contributed by atoms with van der Waals surface area (Å²) in [6.07, 6.45) is -0.00886. The van der Waals surface area contributed by atoms with E-state index in [2.05, 4.69) is 0 Å². The van der Waals surface area contributed by atoms with E-state index in [1.165, 1.54) is 0 Å². The van der Waals surface area contributed by atoms with Gasteiger partial charge in [0, 0.05) is 18.7 Å². The molecule has 1 N–H and O–H groups in total. The SMILES string of the molecule is CCN(C(=O)CC(C)(C)C(=O)O)c1ccccc1. The number of carbonyl (C=O) groups is 2. The van der Waals surface area contributed by atoms with Gasteiger partial charge in [-0.3, -0.25) is 9.59 Å². The molecule has 1 aromatic rings. The molecule has 0 saturated carbocycles. The topological polar surface area (TPSA) is 57.6 Å². The molecule has 1 amide bonds. The number of carboxylic acid groups (broad SMARTS) is 1. The molecule has 0 aromatic heterocycles. The number of para-hydroxylation sites is 1. The van der Waals surface area contributed by atoms with Crippen LogP contribution in [0.2, 0.25) is 0 Å². The molecule has 0 fully saturated rings. The van der Waals surface area contributed by atoms with E-state index in [0.717, 1.165) is 5.69 Å². The lowest BCUT2D eigenvalue weighted by molar-refractivity contribution is -0.149. The Hall–Kier alpha value is -1.84. The summed E-state index contributed by atoms with van der Waals surface area (Å²) >= 11 is 0. The second kappa shape index (κ2) is 5.67. The van der Waals surface area contributed by atoms with E-state index in [1.807, 2.05) is 37.3 Å². The summed E-state index contributed by atoms with van der Waals surface area (Å²) in [5.41, 5.74) is -0.245. The molecule has 4 nitrogen and oxygen atoms in total. The normalized spacial score (nSPS) is 11.1. The van der Waals surface area contributed by atoms with Gasteiger partial charge >= 0.3 is 5.97 Å². The molecular formula is C14H19NO3. The number of aliphatic carboxylic acids is 1. The number of amides is 1. The van der Waals surface area contributed by atoms with Crippen molar-refractivity contribution < 1.29 is 14.7 Å². The van der Waals surface area contributed by atoms with E-state index >= 15 is 0 Å². The minimum absolute atomic E-state index is 0.00886. The zero-order valence-electron chi connectivity index (χ0n) is 11.0. The maximum Gasteiger partial charge on any atom is 0.309 e. The van der Waals surface area contributed by atoms with Gasteiger partial charge in [-0.15, -0.1) is 0 Å². The Morgan fingerprint density at radius 3 is 2.22 bits per heavy atom. The van der Waals surface area contributed by atoms with Crippen LogP contribution in [-0.2, 0) is 9.59 Å². The van der Waals surface area contributed by atoms with Crippen LogP contribution in [0, 0.1) is 5.41 Å². The first-order chi connectivity index (χ1) is 8.38. The van der Waals surface area contributed by atoms with Gasteiger partial charge in [-0.25, -0.2) is 0 Å². The molecular weight excluding hydrogens is 230 g/mol. The summed E-state index contributed by atoms with van der Waals surface area (Å²) < 4.78 is 0. The fraction of sp³-hybridized carbons (Fsp3) is 0.429. The quantitative estimate of drug-likeness (QED) is 0.872. The Labute approximate surface area is 107 Å². The molecule has 0 aliphatic carbocycles. The Kier molecular flexibility index (Phi) is 4.48. The first kappa shape index (κ1) is 14.2. The molecule has 0 aliphatic heterocycles. The van der Waals surface area contributed by atoms with Crippen molar-refractivity contribution in [2.75, 3.05) is 11.4 Å². The molecule has 4 heteroatoms. The summed E-state index contributed by atoms with van der Waals surface area (Å²) in [7, 11) is 0. The minimum Gasteiger partial charge on any atom is -0.481 e. The Morgan fingerprint density at radius 1 is 1.22 bits per heavy atom. The first-order valence-electron chi connectivity index (χ1n) is 5.97. The third-order valence-corrected chi connectivity index (χ3v) is 2.86. The van der Waals surface area contributed by atoms with Crippen molar-refractivity contribution in [2.24, 2.45) is 5.41 Å². The van der Waals surface area contributed by atoms with Crippen LogP contribution >= 0.6 is 0 Å². The summed E-state index contributed by atoms with van der Waals surface area (Å²) in [5, 5.41) is 9.04. The predicted octanol–water partition coefficient (Wildman–Crippen LogP) is 2.54. The van der Waals surface area contributed by atoms with Crippen molar-refractivity contribution in [3.8, 4) is 0 Å². The maximum atomic E-state index is 12.2. The fourth-order valence-electron chi connectivity index (χ4n) is 1.66. The molecule has 0 aliphatic rings. The van der Waals surface area contributed by atoms with Gasteiger partial charge in [0.05, 0.1) is 5.41 Å². The molecule has 0 unspecified atom stereocenters. The van der Waals surface area contributed by atoms with Crippen LogP contribution in [0.1, 0.15) is 27.2 Å². The molecule has 98 valence electrons. The van der Waals surface area contributed by atoms with E-state index in [4.69, 9.17) is 5.11 Å². The number of nitrogens with zero attached hydrogens (tertiary/aromatic N) is 1. The highest BCUT2D eigenvalue weighted by molar-refractivity contribution is 5.96. The van der Waals surface area contributed by atoms with Gasteiger partial charge in [-0.05, 0) is 32.9 Å². The average molecular weight is 249 g/mol. The number of hydrogen-bond acceptors (Lipinski definition) is 2. The van der Waals surface area contributed by atoms with Gasteiger partial charge in [0.15, 0.2) is 0 Å². The number of benzene rings is 1. The number of carboxylic acids is 1. The number of carbonyl (C=O) groups excluding carboxylic acids is 1. The number of rotatable bonds is 5. The second-order valence-electron chi connectivity index (χ2n) is 4.84. The van der Waals surface area contributed by atoms with Gasteiger partial charge < -0.3 is 10.0 Å². The first-order valence-corrected chi connectivity index (χ1v) is 5.97. The largest absolute Gasteiger partial charge is 0.481 e. The average Bonchev–Trinajstić information content (AvgIpc) is 2.30. The minimum atomic E-state index is -1.04. The molecule has 1 aromatic carbocycles. The van der Waals surface area contributed by atoms with Gasteiger partial charge in [-0.2, -0.15) is 0 Å². The van der Waals surface area contributed by atoms with Crippen molar-refractivity contribution in [3.63, 3.8) is 0 Å². The Morgan fingerprint density at radius 2 is 1.78 bits per heavy atom. The molecule has 0 heterocycles. The lowest BCUT2D eigenvalue weighted by atomic mass is 9.89. The fourth-order valence-corrected chi connectivity index (χ4v) is 1.66. The zero-order valence-corrected chi connectivity index (χ0v) is 11.0. The highest BCUT2D eigenvalue weighted by Gasteiger charge is 2.32. The standard InChI is InChI=1S/C14H19NO3/c1-4-15(11-8-6-5-7-9-11)12(16)10-14(2,3)13(17)18/h5-9H,4,10H2,1-3H3,(H,17,18). The van der Waals surface area contributed by atoms with E-state index in [0.29, 0.717) is 6.54 Å². The van der Waals surface area contributed by atoms with Crippen molar-refractivity contribution in [1.82, 2.24) is 0 Å². The zero-order chi connectivity index (χ0) is 13.8. The van der Waals surface area contributed by atoms with Crippen molar-refractivity contribution in [2.45, 2.75) is 27.2 Å². The van der Waals surface area contributed by atoms with Crippen LogP contribution < -0.4 is 4.90 Å². The summed E-state index contributed by atoms with van der Waals surface area (Å²) in [6, 6.07) is 9.27. The maximum absolute atomic E-state index is 12.2. The summed E-state index contributed by atoms with van der Waals surface area (Å²) in [5.74, 6) is -1.13. The van der Waals surface area contributed by atoms with Gasteiger partial charge in [0.2, 0.25) is 5.91 Å². The van der Waals surface area contributed by atoms with Crippen LogP contribution in [0.3, 0.4) is 0 Å². The summed E-state index contributed by atoms with van der Waals surface area (Å²) in [4.78, 5) is 24.8. The predicted molar refractivity (Wildman–Crippen MR) is 70.5 cm³/mol. The van der Waals surface area contributed by atoms with Crippen molar-refractivity contribution >= 4 is 17.6 Å². The molecule has 1 rings (SSSR count). The molecule has 0 radical (unpaired) electrons. The van der Waals surface area contributed by atoms with E-state index in [1.54, 1.807) is 18.7 Å². The highest BCUT2D eigenvalue weighted by atomic mass is 16.4. The van der Waals surface area contributed by atoms with E-state index < -0.39 is 11.4 Å². The van der Waals surface area contributed by atoms with E-state index in [9.17, 15) is 9.59 Å². The molecule has 0 atom stereocenters. The van der Waals surface area contributed by atoms with Crippen molar-refractivity contribution in [1.29, 1.82) is 0 Å². The van der Waals surface area contributed by atoms with Crippen LogP contribution in [0.5, 0.6) is 0 Å². The molecule has 0 saturated heterocycles. The molecule has 0 spiro atoms. The van der Waals surface area contributed by atoms with Crippen LogP contribution in [0.4, 0.5) is 5.69 Å².